The van der Waals surface area contributed by atoms with Crippen LogP contribution in [-0.4, -0.2) is 27.1 Å². The van der Waals surface area contributed by atoms with Crippen molar-refractivity contribution in [3.8, 4) is 0 Å². The molecule has 1 aliphatic carbocycles. The summed E-state index contributed by atoms with van der Waals surface area (Å²) in [5.74, 6) is -0.180. The summed E-state index contributed by atoms with van der Waals surface area (Å²) in [6.45, 7) is 2.30. The van der Waals surface area contributed by atoms with Crippen LogP contribution in [0.3, 0.4) is 0 Å². The highest BCUT2D eigenvalue weighted by Crippen LogP contribution is 2.20. The summed E-state index contributed by atoms with van der Waals surface area (Å²) in [5.41, 5.74) is 2.82. The molecule has 0 aromatic heterocycles. The average Bonchev–Trinajstić information content (AvgIpc) is 2.47. The van der Waals surface area contributed by atoms with Crippen LogP contribution in [0.1, 0.15) is 41.6 Å². The van der Waals surface area contributed by atoms with Gasteiger partial charge in [0.1, 0.15) is 0 Å². The van der Waals surface area contributed by atoms with E-state index in [0.717, 1.165) is 19.1 Å². The maximum atomic E-state index is 12.3. The third-order valence-corrected chi connectivity index (χ3v) is 4.33. The third-order valence-electron chi connectivity index (χ3n) is 3.73. The normalized spacial score (nSPS) is 15.1. The van der Waals surface area contributed by atoms with E-state index in [9.17, 15) is 13.2 Å². The molecule has 0 radical (unpaired) electrons. The number of rotatable bonds is 5. The van der Waals surface area contributed by atoms with E-state index in [1.165, 1.54) is 18.4 Å². The molecule has 0 atom stereocenters. The minimum Gasteiger partial charge on any atom is -0.348 e. The fraction of sp³-hybridized carbons (Fsp3) is 0.438. The molecule has 0 bridgehead atoms. The Morgan fingerprint density at radius 2 is 2.05 bits per heavy atom. The fourth-order valence-corrected chi connectivity index (χ4v) is 3.17. The number of allylic oxidation sites excluding steroid dienone is 1. The number of hydrogen-bond acceptors (Lipinski definition) is 3. The smallest absolute Gasteiger partial charge is 0.251 e. The van der Waals surface area contributed by atoms with Crippen LogP contribution < -0.4 is 10.0 Å². The Morgan fingerprint density at radius 1 is 1.27 bits per heavy atom. The largest absolute Gasteiger partial charge is 0.348 e. The molecule has 0 fully saturated rings. The number of nitrogens with one attached hydrogen (secondary N) is 2. The first-order valence-corrected chi connectivity index (χ1v) is 9.29. The number of hydrogen-bond donors (Lipinski definition) is 2. The summed E-state index contributed by atoms with van der Waals surface area (Å²) >= 11 is 0. The molecular formula is C16H22N2O3S. The Morgan fingerprint density at radius 3 is 2.68 bits per heavy atom. The van der Waals surface area contributed by atoms with Crippen molar-refractivity contribution in [2.75, 3.05) is 17.5 Å². The molecule has 0 unspecified atom stereocenters. The van der Waals surface area contributed by atoms with Crippen LogP contribution in [0, 0.1) is 6.92 Å². The van der Waals surface area contributed by atoms with E-state index in [1.807, 2.05) is 0 Å². The second-order valence-corrected chi connectivity index (χ2v) is 7.39. The molecule has 0 spiro atoms. The molecule has 22 heavy (non-hydrogen) atoms. The summed E-state index contributed by atoms with van der Waals surface area (Å²) in [6.07, 6.45) is 7.80. The first-order valence-electron chi connectivity index (χ1n) is 7.40. The average molecular weight is 322 g/mol. The topological polar surface area (TPSA) is 75.3 Å². The van der Waals surface area contributed by atoms with Gasteiger partial charge in [0.15, 0.2) is 0 Å². The zero-order valence-electron chi connectivity index (χ0n) is 13.0. The summed E-state index contributed by atoms with van der Waals surface area (Å²) < 4.78 is 25.1. The van der Waals surface area contributed by atoms with Crippen molar-refractivity contribution in [3.63, 3.8) is 0 Å². The molecule has 2 rings (SSSR count). The maximum absolute atomic E-state index is 12.3. The molecule has 120 valence electrons. The van der Waals surface area contributed by atoms with Crippen molar-refractivity contribution in [1.82, 2.24) is 5.32 Å². The summed E-state index contributed by atoms with van der Waals surface area (Å²) in [4.78, 5) is 12.3. The van der Waals surface area contributed by atoms with Gasteiger partial charge in [-0.3, -0.25) is 9.52 Å². The van der Waals surface area contributed by atoms with Gasteiger partial charge in [0.25, 0.3) is 5.91 Å². The fourth-order valence-electron chi connectivity index (χ4n) is 2.55. The van der Waals surface area contributed by atoms with Gasteiger partial charge in [-0.05, 0) is 50.3 Å². The second kappa shape index (κ2) is 6.96. The highest BCUT2D eigenvalue weighted by Gasteiger charge is 2.14. The molecule has 1 amide bonds. The highest BCUT2D eigenvalue weighted by molar-refractivity contribution is 7.92. The van der Waals surface area contributed by atoms with Crippen LogP contribution in [-0.2, 0) is 10.0 Å². The van der Waals surface area contributed by atoms with Crippen LogP contribution in [0.25, 0.3) is 0 Å². The molecular weight excluding hydrogens is 300 g/mol. The molecule has 1 aromatic carbocycles. The van der Waals surface area contributed by atoms with Gasteiger partial charge in [0.2, 0.25) is 10.0 Å². The van der Waals surface area contributed by atoms with Gasteiger partial charge >= 0.3 is 0 Å². The summed E-state index contributed by atoms with van der Waals surface area (Å²) in [5, 5.41) is 2.92. The number of anilines is 1. The Kier molecular flexibility index (Phi) is 5.24. The quantitative estimate of drug-likeness (QED) is 0.818. The Balaban J connectivity index is 2.09. The minimum absolute atomic E-state index is 0.180. The van der Waals surface area contributed by atoms with Crippen LogP contribution in [0.5, 0.6) is 0 Å². The van der Waals surface area contributed by atoms with E-state index in [1.54, 1.807) is 25.1 Å². The first kappa shape index (κ1) is 16.5. The van der Waals surface area contributed by atoms with Crippen molar-refractivity contribution < 1.29 is 13.2 Å². The van der Waals surface area contributed by atoms with E-state index in [4.69, 9.17) is 0 Å². The van der Waals surface area contributed by atoms with Crippen molar-refractivity contribution in [3.05, 3.63) is 41.0 Å². The molecule has 2 N–H and O–H groups in total. The zero-order valence-corrected chi connectivity index (χ0v) is 13.8. The van der Waals surface area contributed by atoms with E-state index < -0.39 is 10.0 Å². The van der Waals surface area contributed by atoms with Gasteiger partial charge in [-0.2, -0.15) is 0 Å². The Bertz CT molecular complexity index is 693. The first-order chi connectivity index (χ1) is 10.4. The van der Waals surface area contributed by atoms with Crippen molar-refractivity contribution >= 4 is 21.6 Å². The van der Waals surface area contributed by atoms with E-state index in [-0.39, 0.29) is 5.91 Å². The lowest BCUT2D eigenvalue weighted by Crippen LogP contribution is -2.27. The van der Waals surface area contributed by atoms with Crippen molar-refractivity contribution in [2.24, 2.45) is 0 Å². The Hall–Kier alpha value is -1.82. The van der Waals surface area contributed by atoms with E-state index >= 15 is 0 Å². The van der Waals surface area contributed by atoms with Gasteiger partial charge in [-0.1, -0.05) is 17.7 Å². The minimum atomic E-state index is -3.36. The lowest BCUT2D eigenvalue weighted by atomic mass is 9.99. The Labute approximate surface area is 131 Å². The molecule has 0 saturated carbocycles. The lowest BCUT2D eigenvalue weighted by Gasteiger charge is -2.15. The predicted octanol–water partition coefficient (Wildman–Crippen LogP) is 2.60. The van der Waals surface area contributed by atoms with Crippen LogP contribution in [0.4, 0.5) is 5.69 Å². The lowest BCUT2D eigenvalue weighted by molar-refractivity contribution is 0.0956. The molecule has 5 nitrogen and oxygen atoms in total. The van der Waals surface area contributed by atoms with Gasteiger partial charge in [0.05, 0.1) is 11.9 Å². The maximum Gasteiger partial charge on any atom is 0.251 e. The number of carbonyl (C=O) groups is 1. The highest BCUT2D eigenvalue weighted by atomic mass is 32.2. The molecule has 0 saturated heterocycles. The van der Waals surface area contributed by atoms with Gasteiger partial charge < -0.3 is 5.32 Å². The van der Waals surface area contributed by atoms with E-state index in [2.05, 4.69) is 16.1 Å². The number of amides is 1. The second-order valence-electron chi connectivity index (χ2n) is 5.64. The predicted molar refractivity (Wildman–Crippen MR) is 88.5 cm³/mol. The molecule has 6 heteroatoms. The number of carbonyl (C=O) groups excluding carboxylic acids is 1. The van der Waals surface area contributed by atoms with Gasteiger partial charge in [-0.15, -0.1) is 0 Å². The van der Waals surface area contributed by atoms with Crippen LogP contribution in [0.2, 0.25) is 0 Å². The third kappa shape index (κ3) is 4.59. The molecule has 0 heterocycles. The zero-order chi connectivity index (χ0) is 16.2. The molecule has 1 aromatic rings. The standard InChI is InChI=1S/C16H22N2O3S/c1-12-14(9-6-10-15(12)18-22(2,20)21)16(19)17-11-13-7-4-3-5-8-13/h6-7,9-10,18H,3-5,8,11H2,1-2H3,(H,17,19). The van der Waals surface area contributed by atoms with Gasteiger partial charge in [0, 0.05) is 12.1 Å². The van der Waals surface area contributed by atoms with E-state index in [0.29, 0.717) is 23.4 Å². The number of sulfonamides is 1. The SMILES string of the molecule is Cc1c(NS(C)(=O)=O)cccc1C(=O)NCC1=CCCCC1. The van der Waals surface area contributed by atoms with Crippen LogP contribution in [0.15, 0.2) is 29.8 Å². The summed E-state index contributed by atoms with van der Waals surface area (Å²) in [6, 6.07) is 5.03. The molecule has 0 aliphatic heterocycles. The van der Waals surface area contributed by atoms with Crippen molar-refractivity contribution in [1.29, 1.82) is 0 Å². The van der Waals surface area contributed by atoms with Gasteiger partial charge in [-0.25, -0.2) is 8.42 Å². The monoisotopic (exact) mass is 322 g/mol. The van der Waals surface area contributed by atoms with Crippen LogP contribution >= 0.6 is 0 Å². The molecule has 1 aliphatic rings. The summed E-state index contributed by atoms with van der Waals surface area (Å²) in [7, 11) is -3.36. The van der Waals surface area contributed by atoms with Crippen molar-refractivity contribution in [2.45, 2.75) is 32.6 Å². The number of benzene rings is 1.